The van der Waals surface area contributed by atoms with Crippen LogP contribution < -0.4 is 16.6 Å². The van der Waals surface area contributed by atoms with Gasteiger partial charge >= 0.3 is 5.69 Å². The predicted octanol–water partition coefficient (Wildman–Crippen LogP) is 0.126. The normalized spacial score (nSPS) is 10.7. The highest BCUT2D eigenvalue weighted by atomic mass is 32.1. The zero-order chi connectivity index (χ0) is 14.5. The van der Waals surface area contributed by atoms with Crippen molar-refractivity contribution < 1.29 is 4.79 Å². The van der Waals surface area contributed by atoms with E-state index in [1.807, 2.05) is 0 Å². The number of nitrogens with one attached hydrogen (secondary N) is 2. The summed E-state index contributed by atoms with van der Waals surface area (Å²) in [5, 5.41) is 3.11. The lowest BCUT2D eigenvalue weighted by atomic mass is 10.2. The largest absolute Gasteiger partial charge is 0.355 e. The molecule has 0 atom stereocenters. The van der Waals surface area contributed by atoms with Crippen LogP contribution in [0.1, 0.15) is 6.42 Å². The Labute approximate surface area is 120 Å². The van der Waals surface area contributed by atoms with Gasteiger partial charge in [0.15, 0.2) is 0 Å². The molecular weight excluding hydrogens is 278 g/mol. The number of amides is 1. The van der Waals surface area contributed by atoms with Crippen LogP contribution in [-0.4, -0.2) is 27.8 Å². The number of H-pyrrole nitrogens is 1. The summed E-state index contributed by atoms with van der Waals surface area (Å²) in [7, 11) is 0. The van der Waals surface area contributed by atoms with Gasteiger partial charge in [0.2, 0.25) is 5.91 Å². The molecule has 0 saturated carbocycles. The summed E-state index contributed by atoms with van der Waals surface area (Å²) in [6.07, 6.45) is 0.170. The number of hydrogen-bond acceptors (Lipinski definition) is 4. The van der Waals surface area contributed by atoms with Crippen molar-refractivity contribution in [3.8, 4) is 0 Å². The Bertz CT molecular complexity index is 735. The predicted molar refractivity (Wildman–Crippen MR) is 80.3 cm³/mol. The van der Waals surface area contributed by atoms with E-state index in [1.165, 1.54) is 4.57 Å². The number of carbonyl (C=O) groups is 1. The molecule has 2 aromatic rings. The Hall–Kier alpha value is -2.02. The van der Waals surface area contributed by atoms with E-state index in [-0.39, 0.29) is 18.9 Å². The summed E-state index contributed by atoms with van der Waals surface area (Å²) in [5.41, 5.74) is -0.389. The number of carbonyl (C=O) groups excluding carboxylic acids is 1. The van der Waals surface area contributed by atoms with Crippen LogP contribution in [0.3, 0.4) is 0 Å². The van der Waals surface area contributed by atoms with Gasteiger partial charge in [-0.15, -0.1) is 0 Å². The first-order chi connectivity index (χ1) is 9.63. The first-order valence-corrected chi connectivity index (χ1v) is 6.86. The zero-order valence-electron chi connectivity index (χ0n) is 10.8. The Kier molecular flexibility index (Phi) is 4.62. The second-order valence-corrected chi connectivity index (χ2v) is 4.70. The minimum absolute atomic E-state index is 0.152. The van der Waals surface area contributed by atoms with E-state index in [9.17, 15) is 14.4 Å². The van der Waals surface area contributed by atoms with E-state index < -0.39 is 11.2 Å². The number of benzene rings is 1. The second kappa shape index (κ2) is 6.42. The van der Waals surface area contributed by atoms with Crippen LogP contribution in [-0.2, 0) is 11.3 Å². The lowest BCUT2D eigenvalue weighted by molar-refractivity contribution is -0.121. The number of aryl methyl sites for hydroxylation is 1. The van der Waals surface area contributed by atoms with Crippen LogP contribution in [0.5, 0.6) is 0 Å². The van der Waals surface area contributed by atoms with Gasteiger partial charge in [-0.3, -0.25) is 19.1 Å². The molecule has 106 valence electrons. The van der Waals surface area contributed by atoms with Crippen molar-refractivity contribution in [1.29, 1.82) is 0 Å². The van der Waals surface area contributed by atoms with Crippen molar-refractivity contribution in [3.63, 3.8) is 0 Å². The molecule has 0 bridgehead atoms. The van der Waals surface area contributed by atoms with Gasteiger partial charge in [0.05, 0.1) is 10.9 Å². The molecule has 1 heterocycles. The van der Waals surface area contributed by atoms with Gasteiger partial charge in [-0.2, -0.15) is 12.6 Å². The Balaban J connectivity index is 2.28. The molecule has 0 saturated heterocycles. The highest BCUT2D eigenvalue weighted by Crippen LogP contribution is 2.06. The fraction of sp³-hybridized carbons (Fsp3) is 0.308. The Morgan fingerprint density at radius 1 is 1.30 bits per heavy atom. The zero-order valence-corrected chi connectivity index (χ0v) is 11.7. The van der Waals surface area contributed by atoms with Crippen LogP contribution >= 0.6 is 12.6 Å². The van der Waals surface area contributed by atoms with Crippen LogP contribution in [0.2, 0.25) is 0 Å². The van der Waals surface area contributed by atoms with Gasteiger partial charge in [-0.25, -0.2) is 4.79 Å². The van der Waals surface area contributed by atoms with Gasteiger partial charge in [0.1, 0.15) is 0 Å². The number of para-hydroxylation sites is 1. The van der Waals surface area contributed by atoms with E-state index in [0.29, 0.717) is 23.2 Å². The molecule has 7 heteroatoms. The van der Waals surface area contributed by atoms with Crippen molar-refractivity contribution in [2.24, 2.45) is 0 Å². The third kappa shape index (κ3) is 3.11. The maximum Gasteiger partial charge on any atom is 0.328 e. The quantitative estimate of drug-likeness (QED) is 0.685. The molecule has 20 heavy (non-hydrogen) atoms. The molecule has 2 rings (SSSR count). The number of aromatic amines is 1. The average Bonchev–Trinajstić information content (AvgIpc) is 2.45. The van der Waals surface area contributed by atoms with Gasteiger partial charge in [-0.05, 0) is 12.1 Å². The van der Waals surface area contributed by atoms with E-state index in [0.717, 1.165) is 0 Å². The average molecular weight is 293 g/mol. The summed E-state index contributed by atoms with van der Waals surface area (Å²) in [6, 6.07) is 6.81. The van der Waals surface area contributed by atoms with Crippen molar-refractivity contribution in [3.05, 3.63) is 45.1 Å². The molecule has 0 unspecified atom stereocenters. The third-order valence-electron chi connectivity index (χ3n) is 2.90. The first-order valence-electron chi connectivity index (χ1n) is 6.23. The van der Waals surface area contributed by atoms with Crippen molar-refractivity contribution in [2.75, 3.05) is 12.3 Å². The maximum atomic E-state index is 11.8. The number of rotatable bonds is 5. The summed E-state index contributed by atoms with van der Waals surface area (Å²) in [5.74, 6) is 0.411. The molecule has 0 radical (unpaired) electrons. The minimum atomic E-state index is -0.504. The molecule has 0 aliphatic carbocycles. The van der Waals surface area contributed by atoms with E-state index in [1.54, 1.807) is 24.3 Å². The lowest BCUT2D eigenvalue weighted by Crippen LogP contribution is -2.32. The van der Waals surface area contributed by atoms with Crippen molar-refractivity contribution >= 4 is 29.4 Å². The first kappa shape index (κ1) is 14.4. The van der Waals surface area contributed by atoms with Crippen LogP contribution in [0.25, 0.3) is 10.9 Å². The van der Waals surface area contributed by atoms with Crippen LogP contribution in [0.15, 0.2) is 33.9 Å². The molecule has 6 nitrogen and oxygen atoms in total. The minimum Gasteiger partial charge on any atom is -0.355 e. The highest BCUT2D eigenvalue weighted by molar-refractivity contribution is 7.80. The smallest absolute Gasteiger partial charge is 0.328 e. The SMILES string of the molecule is O=C(CCn1c(=O)[nH]c(=O)c2ccccc21)NCCS. The number of hydrogen-bond donors (Lipinski definition) is 3. The van der Waals surface area contributed by atoms with Gasteiger partial charge < -0.3 is 5.32 Å². The molecule has 0 fully saturated rings. The van der Waals surface area contributed by atoms with Crippen molar-refractivity contribution in [1.82, 2.24) is 14.9 Å². The van der Waals surface area contributed by atoms with E-state index >= 15 is 0 Å². The molecule has 2 N–H and O–H groups in total. The summed E-state index contributed by atoms with van der Waals surface area (Å²) in [4.78, 5) is 37.3. The molecule has 0 aliphatic rings. The highest BCUT2D eigenvalue weighted by Gasteiger charge is 2.08. The van der Waals surface area contributed by atoms with E-state index in [4.69, 9.17) is 0 Å². The maximum absolute atomic E-state index is 11.8. The van der Waals surface area contributed by atoms with Crippen LogP contribution in [0.4, 0.5) is 0 Å². The standard InChI is InChI=1S/C13H15N3O3S/c17-11(14-6-8-20)5-7-16-10-4-2-1-3-9(10)12(18)15-13(16)19/h1-4,20H,5-8H2,(H,14,17)(H,15,18,19). The molecule has 1 aromatic heterocycles. The third-order valence-corrected chi connectivity index (χ3v) is 3.13. The van der Waals surface area contributed by atoms with E-state index in [2.05, 4.69) is 22.9 Å². The number of thiol groups is 1. The monoisotopic (exact) mass is 293 g/mol. The summed E-state index contributed by atoms with van der Waals surface area (Å²) in [6.45, 7) is 0.706. The van der Waals surface area contributed by atoms with Crippen LogP contribution in [0, 0.1) is 0 Å². The van der Waals surface area contributed by atoms with Crippen molar-refractivity contribution in [2.45, 2.75) is 13.0 Å². The number of aromatic nitrogens is 2. The molecule has 1 amide bonds. The lowest BCUT2D eigenvalue weighted by Gasteiger charge is -2.09. The summed E-state index contributed by atoms with van der Waals surface area (Å²) >= 11 is 4.00. The molecular formula is C13H15N3O3S. The Morgan fingerprint density at radius 2 is 2.05 bits per heavy atom. The topological polar surface area (TPSA) is 84.0 Å². The fourth-order valence-corrected chi connectivity index (χ4v) is 2.07. The summed E-state index contributed by atoms with van der Waals surface area (Å²) < 4.78 is 1.40. The van der Waals surface area contributed by atoms with Gasteiger partial charge in [0.25, 0.3) is 5.56 Å². The fourth-order valence-electron chi connectivity index (χ4n) is 1.96. The molecule has 1 aromatic carbocycles. The van der Waals surface area contributed by atoms with Gasteiger partial charge in [-0.1, -0.05) is 12.1 Å². The molecule has 0 spiro atoms. The number of fused-ring (bicyclic) bond motifs is 1. The molecule has 0 aliphatic heterocycles. The second-order valence-electron chi connectivity index (χ2n) is 4.25. The Morgan fingerprint density at radius 3 is 2.80 bits per heavy atom. The van der Waals surface area contributed by atoms with Gasteiger partial charge in [0, 0.05) is 25.3 Å². The number of nitrogens with zero attached hydrogens (tertiary/aromatic N) is 1.